The van der Waals surface area contributed by atoms with Gasteiger partial charge in [0.15, 0.2) is 0 Å². The first-order valence-electron chi connectivity index (χ1n) is 8.09. The molecule has 1 aliphatic carbocycles. The van der Waals surface area contributed by atoms with Crippen LogP contribution in [0.15, 0.2) is 12.1 Å². The number of hydrogen-bond acceptors (Lipinski definition) is 1. The van der Waals surface area contributed by atoms with Crippen LogP contribution in [0, 0.1) is 28.9 Å². The van der Waals surface area contributed by atoms with E-state index < -0.39 is 11.6 Å². The lowest BCUT2D eigenvalue weighted by Gasteiger charge is -2.38. The fraction of sp³-hybridized carbons (Fsp3) is 0.667. The van der Waals surface area contributed by atoms with E-state index in [1.165, 1.54) is 31.7 Å². The molecule has 1 unspecified atom stereocenters. The number of anilines is 1. The summed E-state index contributed by atoms with van der Waals surface area (Å²) in [5.41, 5.74) is 1.75. The maximum Gasteiger partial charge on any atom is 0.149 e. The van der Waals surface area contributed by atoms with E-state index in [1.54, 1.807) is 0 Å². The van der Waals surface area contributed by atoms with Crippen LogP contribution in [0.1, 0.15) is 57.9 Å². The summed E-state index contributed by atoms with van der Waals surface area (Å²) >= 11 is 0. The highest BCUT2D eigenvalue weighted by Crippen LogP contribution is 2.47. The largest absolute Gasteiger partial charge is 0.382 e. The van der Waals surface area contributed by atoms with Crippen LogP contribution >= 0.6 is 0 Å². The maximum atomic E-state index is 13.8. The van der Waals surface area contributed by atoms with E-state index in [9.17, 15) is 8.78 Å². The van der Waals surface area contributed by atoms with Gasteiger partial charge >= 0.3 is 0 Å². The quantitative estimate of drug-likeness (QED) is 0.738. The second kappa shape index (κ2) is 5.26. The highest BCUT2D eigenvalue weighted by molar-refractivity contribution is 5.59. The summed E-state index contributed by atoms with van der Waals surface area (Å²) in [6, 6.07) is 2.50. The molecule has 3 rings (SSSR count). The van der Waals surface area contributed by atoms with E-state index in [1.807, 2.05) is 0 Å². The second-order valence-corrected chi connectivity index (χ2v) is 7.82. The highest BCUT2D eigenvalue weighted by atomic mass is 19.1. The van der Waals surface area contributed by atoms with Gasteiger partial charge in [-0.1, -0.05) is 20.8 Å². The van der Waals surface area contributed by atoms with Crippen molar-refractivity contribution in [2.45, 2.75) is 52.4 Å². The van der Waals surface area contributed by atoms with Gasteiger partial charge in [0.05, 0.1) is 5.69 Å². The number of fused-ring (bicyclic) bond motifs is 1. The highest BCUT2D eigenvalue weighted by Gasteiger charge is 2.36. The molecule has 3 heteroatoms. The first kappa shape index (κ1) is 14.8. The van der Waals surface area contributed by atoms with Crippen LogP contribution in [0.4, 0.5) is 14.5 Å². The molecule has 21 heavy (non-hydrogen) atoms. The standard InChI is InChI=1S/C18H25F2N/c1-18(2,3)12-6-4-11(5-7-12)15-10-21-17-14(15)8-13(19)9-16(17)20/h8-9,11-12,15,21H,4-7,10H2,1-3H3. The summed E-state index contributed by atoms with van der Waals surface area (Å²) in [4.78, 5) is 0. The van der Waals surface area contributed by atoms with Gasteiger partial charge in [-0.05, 0) is 54.6 Å². The van der Waals surface area contributed by atoms with Gasteiger partial charge in [-0.25, -0.2) is 8.78 Å². The molecular formula is C18H25F2N. The molecule has 0 saturated heterocycles. The molecule has 1 heterocycles. The van der Waals surface area contributed by atoms with Crippen LogP contribution < -0.4 is 5.32 Å². The molecule has 0 radical (unpaired) electrons. The first-order valence-corrected chi connectivity index (χ1v) is 8.09. The predicted molar refractivity (Wildman–Crippen MR) is 82.5 cm³/mol. The topological polar surface area (TPSA) is 12.0 Å². The van der Waals surface area contributed by atoms with E-state index in [2.05, 4.69) is 26.1 Å². The van der Waals surface area contributed by atoms with Gasteiger partial charge in [-0.2, -0.15) is 0 Å². The van der Waals surface area contributed by atoms with Gasteiger partial charge in [0.2, 0.25) is 0 Å². The Morgan fingerprint density at radius 1 is 1.05 bits per heavy atom. The molecule has 0 spiro atoms. The van der Waals surface area contributed by atoms with Gasteiger partial charge in [-0.15, -0.1) is 0 Å². The average Bonchev–Trinajstić information content (AvgIpc) is 2.82. The molecule has 1 aromatic carbocycles. The minimum Gasteiger partial charge on any atom is -0.382 e. The fourth-order valence-corrected chi connectivity index (χ4v) is 4.20. The average molecular weight is 293 g/mol. The third-order valence-corrected chi connectivity index (χ3v) is 5.55. The summed E-state index contributed by atoms with van der Waals surface area (Å²) < 4.78 is 27.3. The predicted octanol–water partition coefficient (Wildman–Crippen LogP) is 5.33. The lowest BCUT2D eigenvalue weighted by atomic mass is 9.67. The lowest BCUT2D eigenvalue weighted by Crippen LogP contribution is -2.28. The van der Waals surface area contributed by atoms with Gasteiger partial charge in [0.1, 0.15) is 11.6 Å². The molecule has 0 aromatic heterocycles. The third-order valence-electron chi connectivity index (χ3n) is 5.55. The number of rotatable bonds is 1. The van der Waals surface area contributed by atoms with Gasteiger partial charge in [0, 0.05) is 18.5 Å². The third kappa shape index (κ3) is 2.79. The molecule has 2 aliphatic rings. The van der Waals surface area contributed by atoms with Crippen molar-refractivity contribution in [1.29, 1.82) is 0 Å². The molecule has 1 N–H and O–H groups in total. The van der Waals surface area contributed by atoms with Crippen LogP contribution in [0.2, 0.25) is 0 Å². The molecule has 0 bridgehead atoms. The van der Waals surface area contributed by atoms with Crippen LogP contribution in [0.3, 0.4) is 0 Å². The SMILES string of the molecule is CC(C)(C)C1CCC(C2CNc3c(F)cc(F)cc32)CC1. The number of halogens is 2. The number of benzene rings is 1. The number of nitrogens with one attached hydrogen (secondary N) is 1. The number of hydrogen-bond donors (Lipinski definition) is 1. The van der Waals surface area contributed by atoms with E-state index in [0.717, 1.165) is 24.1 Å². The molecule has 0 amide bonds. The molecular weight excluding hydrogens is 268 g/mol. The fourth-order valence-electron chi connectivity index (χ4n) is 4.20. The van der Waals surface area contributed by atoms with Gasteiger partial charge < -0.3 is 5.32 Å². The van der Waals surface area contributed by atoms with E-state index in [4.69, 9.17) is 0 Å². The Balaban J connectivity index is 1.75. The Hall–Kier alpha value is -1.12. The second-order valence-electron chi connectivity index (χ2n) is 7.82. The minimum atomic E-state index is -0.455. The summed E-state index contributed by atoms with van der Waals surface area (Å²) in [5, 5.41) is 3.14. The summed E-state index contributed by atoms with van der Waals surface area (Å²) in [6.07, 6.45) is 4.81. The maximum absolute atomic E-state index is 13.8. The molecule has 1 atom stereocenters. The Labute approximate surface area is 126 Å². The lowest BCUT2D eigenvalue weighted by molar-refractivity contribution is 0.141. The molecule has 116 valence electrons. The molecule has 1 saturated carbocycles. The molecule has 1 aliphatic heterocycles. The smallest absolute Gasteiger partial charge is 0.149 e. The Morgan fingerprint density at radius 3 is 2.33 bits per heavy atom. The summed E-state index contributed by atoms with van der Waals surface area (Å²) in [7, 11) is 0. The van der Waals surface area contributed by atoms with Crippen LogP contribution in [-0.2, 0) is 0 Å². The van der Waals surface area contributed by atoms with Crippen molar-refractivity contribution in [1.82, 2.24) is 0 Å². The molecule has 1 aromatic rings. The molecule has 1 fully saturated rings. The van der Waals surface area contributed by atoms with Crippen molar-refractivity contribution in [2.24, 2.45) is 17.3 Å². The zero-order chi connectivity index (χ0) is 15.2. The normalized spacial score (nSPS) is 29.1. The van der Waals surface area contributed by atoms with E-state index in [0.29, 0.717) is 17.0 Å². The Kier molecular flexibility index (Phi) is 3.71. The van der Waals surface area contributed by atoms with Crippen molar-refractivity contribution in [3.63, 3.8) is 0 Å². The Morgan fingerprint density at radius 2 is 1.71 bits per heavy atom. The summed E-state index contributed by atoms with van der Waals surface area (Å²) in [5.74, 6) is 0.690. The van der Waals surface area contributed by atoms with Gasteiger partial charge in [-0.3, -0.25) is 0 Å². The zero-order valence-electron chi connectivity index (χ0n) is 13.2. The zero-order valence-corrected chi connectivity index (χ0v) is 13.2. The minimum absolute atomic E-state index is 0.270. The van der Waals surface area contributed by atoms with Crippen molar-refractivity contribution in [3.8, 4) is 0 Å². The van der Waals surface area contributed by atoms with Crippen molar-refractivity contribution in [3.05, 3.63) is 29.3 Å². The monoisotopic (exact) mass is 293 g/mol. The van der Waals surface area contributed by atoms with Crippen LogP contribution in [0.5, 0.6) is 0 Å². The van der Waals surface area contributed by atoms with E-state index >= 15 is 0 Å². The van der Waals surface area contributed by atoms with Crippen molar-refractivity contribution in [2.75, 3.05) is 11.9 Å². The van der Waals surface area contributed by atoms with Crippen molar-refractivity contribution < 1.29 is 8.78 Å². The first-order chi connectivity index (χ1) is 9.86. The Bertz CT molecular complexity index is 525. The van der Waals surface area contributed by atoms with Gasteiger partial charge in [0.25, 0.3) is 0 Å². The molecule has 1 nitrogen and oxygen atoms in total. The van der Waals surface area contributed by atoms with E-state index in [-0.39, 0.29) is 5.92 Å². The van der Waals surface area contributed by atoms with Crippen LogP contribution in [-0.4, -0.2) is 6.54 Å². The summed E-state index contributed by atoms with van der Waals surface area (Å²) in [6.45, 7) is 7.69. The van der Waals surface area contributed by atoms with Crippen molar-refractivity contribution >= 4 is 5.69 Å². The van der Waals surface area contributed by atoms with Crippen LogP contribution in [0.25, 0.3) is 0 Å².